The molecule has 0 N–H and O–H groups in total. The maximum Gasteiger partial charge on any atom is 0.303 e. The van der Waals surface area contributed by atoms with Crippen molar-refractivity contribution in [3.63, 3.8) is 0 Å². The van der Waals surface area contributed by atoms with Gasteiger partial charge in [0.2, 0.25) is 0 Å². The molecule has 192 valence electrons. The third-order valence-corrected chi connectivity index (χ3v) is 6.52. The zero-order valence-electron chi connectivity index (χ0n) is 21.5. The molecule has 2 aliphatic rings. The maximum atomic E-state index is 11.9. The average molecular weight is 481 g/mol. The summed E-state index contributed by atoms with van der Waals surface area (Å²) < 4.78 is 33.8. The predicted octanol–water partition coefficient (Wildman–Crippen LogP) is 3.75. The Kier molecular flexibility index (Phi) is 11.0. The molecule has 2 rings (SSSR count). The molecule has 0 saturated carbocycles. The van der Waals surface area contributed by atoms with Crippen molar-refractivity contribution in [1.82, 2.24) is 0 Å². The van der Waals surface area contributed by atoms with Crippen LogP contribution in [0.25, 0.3) is 0 Å². The van der Waals surface area contributed by atoms with E-state index in [-0.39, 0.29) is 24.2 Å². The quantitative estimate of drug-likeness (QED) is 0.213. The van der Waals surface area contributed by atoms with E-state index in [2.05, 4.69) is 20.8 Å². The molecular formula is C26H40O8. The van der Waals surface area contributed by atoms with E-state index in [9.17, 15) is 9.59 Å². The molecule has 0 aromatic rings. The second-order valence-corrected chi connectivity index (χ2v) is 9.29. The lowest BCUT2D eigenvalue weighted by Crippen LogP contribution is -2.42. The van der Waals surface area contributed by atoms with Crippen molar-refractivity contribution in [3.8, 4) is 0 Å². The van der Waals surface area contributed by atoms with Gasteiger partial charge in [0.25, 0.3) is 0 Å². The fourth-order valence-corrected chi connectivity index (χ4v) is 4.98. The maximum absolute atomic E-state index is 11.9. The number of allylic oxidation sites excluding steroid dienone is 1. The zero-order chi connectivity index (χ0) is 25.3. The number of fused-ring (bicyclic) bond motifs is 2. The highest BCUT2D eigenvalue weighted by molar-refractivity contribution is 5.67. The first-order valence-corrected chi connectivity index (χ1v) is 11.7. The average Bonchev–Trinajstić information content (AvgIpc) is 2.75. The highest BCUT2D eigenvalue weighted by Gasteiger charge is 2.44. The third kappa shape index (κ3) is 7.50. The lowest BCUT2D eigenvalue weighted by atomic mass is 9.62. The predicted molar refractivity (Wildman–Crippen MR) is 127 cm³/mol. The van der Waals surface area contributed by atoms with Crippen molar-refractivity contribution >= 4 is 11.9 Å². The lowest BCUT2D eigenvalue weighted by Gasteiger charge is -2.46. The molecule has 2 unspecified atom stereocenters. The van der Waals surface area contributed by atoms with E-state index in [0.29, 0.717) is 13.2 Å². The minimum absolute atomic E-state index is 0.0768. The fraction of sp³-hybridized carbons (Fsp3) is 0.692. The van der Waals surface area contributed by atoms with Crippen molar-refractivity contribution in [3.05, 3.63) is 35.5 Å². The van der Waals surface area contributed by atoms with Gasteiger partial charge in [-0.05, 0) is 48.8 Å². The van der Waals surface area contributed by atoms with Crippen molar-refractivity contribution < 1.29 is 38.0 Å². The van der Waals surface area contributed by atoms with Crippen LogP contribution in [0.4, 0.5) is 0 Å². The fourth-order valence-electron chi connectivity index (χ4n) is 4.98. The van der Waals surface area contributed by atoms with Crippen LogP contribution in [0.3, 0.4) is 0 Å². The van der Waals surface area contributed by atoms with Gasteiger partial charge in [-0.2, -0.15) is 0 Å². The van der Waals surface area contributed by atoms with Crippen LogP contribution in [0.1, 0.15) is 47.5 Å². The van der Waals surface area contributed by atoms with Crippen molar-refractivity contribution in [2.75, 3.05) is 34.2 Å². The van der Waals surface area contributed by atoms with Crippen LogP contribution in [0.2, 0.25) is 0 Å². The molecule has 2 bridgehead atoms. The lowest BCUT2D eigenvalue weighted by molar-refractivity contribution is -0.158. The Morgan fingerprint density at radius 3 is 2.09 bits per heavy atom. The second-order valence-electron chi connectivity index (χ2n) is 9.29. The second kappa shape index (κ2) is 13.2. The molecule has 2 aliphatic carbocycles. The molecule has 8 heteroatoms. The molecule has 5 atom stereocenters. The number of hydrogen-bond donors (Lipinski definition) is 0. The molecule has 0 spiro atoms. The number of methoxy groups -OCH3 is 2. The largest absolute Gasteiger partial charge is 0.454 e. The Hall–Kier alpha value is -2.00. The zero-order valence-corrected chi connectivity index (χ0v) is 21.5. The highest BCUT2D eigenvalue weighted by atomic mass is 16.7. The third-order valence-electron chi connectivity index (χ3n) is 6.52. The van der Waals surface area contributed by atoms with Crippen LogP contribution in [0.15, 0.2) is 35.5 Å². The van der Waals surface area contributed by atoms with Gasteiger partial charge < -0.3 is 28.4 Å². The Labute approximate surface area is 203 Å². The van der Waals surface area contributed by atoms with Gasteiger partial charge in [0.15, 0.2) is 12.2 Å². The van der Waals surface area contributed by atoms with Gasteiger partial charge in [-0.3, -0.25) is 9.59 Å². The molecule has 0 radical (unpaired) electrons. The Balaban J connectivity index is 2.54. The van der Waals surface area contributed by atoms with E-state index >= 15 is 0 Å². The number of carbonyl (C=O) groups is 2. The van der Waals surface area contributed by atoms with Gasteiger partial charge in [0.05, 0.1) is 19.3 Å². The number of ether oxygens (including phenoxy) is 6. The van der Waals surface area contributed by atoms with E-state index in [1.165, 1.54) is 19.4 Å². The van der Waals surface area contributed by atoms with E-state index in [1.54, 1.807) is 26.4 Å². The summed E-state index contributed by atoms with van der Waals surface area (Å²) in [5, 5.41) is 0. The van der Waals surface area contributed by atoms with Gasteiger partial charge >= 0.3 is 11.9 Å². The van der Waals surface area contributed by atoms with Gasteiger partial charge in [0, 0.05) is 28.1 Å². The first-order chi connectivity index (χ1) is 16.1. The van der Waals surface area contributed by atoms with Gasteiger partial charge in [0.1, 0.15) is 12.9 Å². The first-order valence-electron chi connectivity index (χ1n) is 11.7. The van der Waals surface area contributed by atoms with E-state index in [1.807, 2.05) is 12.2 Å². The van der Waals surface area contributed by atoms with Crippen LogP contribution >= 0.6 is 0 Å². The van der Waals surface area contributed by atoms with Crippen LogP contribution < -0.4 is 0 Å². The van der Waals surface area contributed by atoms with E-state index in [0.717, 1.165) is 18.4 Å². The molecule has 0 saturated heterocycles. The first kappa shape index (κ1) is 28.2. The minimum Gasteiger partial charge on any atom is -0.454 e. The van der Waals surface area contributed by atoms with Gasteiger partial charge in [-0.25, -0.2) is 0 Å². The van der Waals surface area contributed by atoms with Crippen molar-refractivity contribution in [2.45, 2.75) is 71.9 Å². The normalized spacial score (nSPS) is 30.7. The number of esters is 2. The molecule has 8 nitrogen and oxygen atoms in total. The van der Waals surface area contributed by atoms with E-state index in [4.69, 9.17) is 28.4 Å². The summed E-state index contributed by atoms with van der Waals surface area (Å²) in [5.74, 6) is -0.793. The van der Waals surface area contributed by atoms with Gasteiger partial charge in [-0.15, -0.1) is 0 Å². The van der Waals surface area contributed by atoms with Crippen LogP contribution in [-0.2, 0) is 38.0 Å². The molecule has 0 heterocycles. The number of rotatable bonds is 9. The smallest absolute Gasteiger partial charge is 0.303 e. The summed E-state index contributed by atoms with van der Waals surface area (Å²) >= 11 is 0. The standard InChI is InChI=1S/C26H40O8/c1-17-8-9-20-21(30-7)10-11-22(33-18(2)27)23(34-19(3)28)12-13-24(25(17)26(20,4)5)32-16-31-15-14-29-6/h10-13,20-24H,8-9,14-16H2,1-7H3/b11-10+,13-12-/t20-,21+,22?,23?,24+/m0/s1. The number of carbonyl (C=O) groups excluding carboxylic acids is 2. The van der Waals surface area contributed by atoms with Gasteiger partial charge in [-0.1, -0.05) is 31.6 Å². The summed E-state index contributed by atoms with van der Waals surface area (Å²) in [4.78, 5) is 23.7. The highest BCUT2D eigenvalue weighted by Crippen LogP contribution is 2.49. The molecule has 0 fully saturated rings. The monoisotopic (exact) mass is 480 g/mol. The SMILES string of the molecule is COCCOCO[C@@H]1/C=C\C(OC(C)=O)C(OC(C)=O)/C=C/[C@@H](OC)[C@@H]2CCC(C)=C1C2(C)C. The molecule has 0 aliphatic heterocycles. The van der Waals surface area contributed by atoms with Crippen molar-refractivity contribution in [1.29, 1.82) is 0 Å². The summed E-state index contributed by atoms with van der Waals surface area (Å²) in [6.45, 7) is 10.2. The van der Waals surface area contributed by atoms with Crippen molar-refractivity contribution in [2.24, 2.45) is 11.3 Å². The van der Waals surface area contributed by atoms with E-state index < -0.39 is 30.3 Å². The number of hydrogen-bond acceptors (Lipinski definition) is 8. The molecule has 0 aromatic carbocycles. The molecule has 0 aromatic heterocycles. The Bertz CT molecular complexity index is 782. The molecule has 0 amide bonds. The van der Waals surface area contributed by atoms with Crippen LogP contribution in [0, 0.1) is 11.3 Å². The minimum atomic E-state index is -0.822. The topological polar surface area (TPSA) is 89.5 Å². The Morgan fingerprint density at radius 2 is 1.53 bits per heavy atom. The molecule has 34 heavy (non-hydrogen) atoms. The van der Waals surface area contributed by atoms with Crippen LogP contribution in [-0.4, -0.2) is 70.6 Å². The molecular weight excluding hydrogens is 440 g/mol. The Morgan fingerprint density at radius 1 is 0.941 bits per heavy atom. The van der Waals surface area contributed by atoms with Crippen LogP contribution in [0.5, 0.6) is 0 Å². The summed E-state index contributed by atoms with van der Waals surface area (Å²) in [5.41, 5.74) is 2.15. The summed E-state index contributed by atoms with van der Waals surface area (Å²) in [6.07, 6.45) is 6.84. The summed E-state index contributed by atoms with van der Waals surface area (Å²) in [6, 6.07) is 0. The summed E-state index contributed by atoms with van der Waals surface area (Å²) in [7, 11) is 3.29.